The standard InChI is InChI=1S/C13H17ClN4O/c1-9(2)7-16-13(19)8-18(3)12-5-10(6-15)4-11(14)17-12/h4-5,9H,7-8H2,1-3H3,(H,16,19). The first-order chi connectivity index (χ1) is 8.92. The fraction of sp³-hybridized carbons (Fsp3) is 0.462. The number of likely N-dealkylation sites (N-methyl/N-ethyl adjacent to an activating group) is 1. The van der Waals surface area contributed by atoms with E-state index < -0.39 is 0 Å². The normalized spacial score (nSPS) is 10.1. The second-order valence-corrected chi connectivity index (χ2v) is 5.09. The molecule has 0 radical (unpaired) electrons. The topological polar surface area (TPSA) is 69.0 Å². The van der Waals surface area contributed by atoms with Crippen LogP contribution in [-0.2, 0) is 4.79 Å². The van der Waals surface area contributed by atoms with Gasteiger partial charge in [-0.25, -0.2) is 4.98 Å². The molecule has 0 bridgehead atoms. The maximum atomic E-state index is 11.7. The van der Waals surface area contributed by atoms with Crippen molar-refractivity contribution in [1.82, 2.24) is 10.3 Å². The van der Waals surface area contributed by atoms with Crippen LogP contribution in [0.3, 0.4) is 0 Å². The number of pyridine rings is 1. The van der Waals surface area contributed by atoms with Crippen molar-refractivity contribution in [3.05, 3.63) is 22.8 Å². The van der Waals surface area contributed by atoms with Gasteiger partial charge in [0, 0.05) is 13.6 Å². The van der Waals surface area contributed by atoms with E-state index in [9.17, 15) is 4.79 Å². The van der Waals surface area contributed by atoms with Gasteiger partial charge in [-0.05, 0) is 18.1 Å². The molecule has 1 aromatic heterocycles. The van der Waals surface area contributed by atoms with Crippen molar-refractivity contribution in [1.29, 1.82) is 5.26 Å². The van der Waals surface area contributed by atoms with Gasteiger partial charge in [0.1, 0.15) is 11.0 Å². The number of amides is 1. The number of anilines is 1. The average molecular weight is 281 g/mol. The van der Waals surface area contributed by atoms with E-state index in [4.69, 9.17) is 16.9 Å². The number of rotatable bonds is 5. The molecule has 0 aliphatic heterocycles. The van der Waals surface area contributed by atoms with E-state index >= 15 is 0 Å². The zero-order chi connectivity index (χ0) is 14.4. The molecule has 5 nitrogen and oxygen atoms in total. The van der Waals surface area contributed by atoms with Crippen molar-refractivity contribution in [2.24, 2.45) is 5.92 Å². The summed E-state index contributed by atoms with van der Waals surface area (Å²) in [6, 6.07) is 5.09. The maximum Gasteiger partial charge on any atom is 0.239 e. The first-order valence-corrected chi connectivity index (χ1v) is 6.35. The van der Waals surface area contributed by atoms with Gasteiger partial charge in [0.15, 0.2) is 0 Å². The molecule has 0 saturated carbocycles. The summed E-state index contributed by atoms with van der Waals surface area (Å²) in [7, 11) is 1.73. The number of nitrogens with zero attached hydrogens (tertiary/aromatic N) is 3. The fourth-order valence-corrected chi connectivity index (χ4v) is 1.62. The molecular weight excluding hydrogens is 264 g/mol. The monoisotopic (exact) mass is 280 g/mol. The molecule has 0 unspecified atom stereocenters. The van der Waals surface area contributed by atoms with Crippen LogP contribution in [0.25, 0.3) is 0 Å². The summed E-state index contributed by atoms with van der Waals surface area (Å²) in [6.07, 6.45) is 0. The lowest BCUT2D eigenvalue weighted by Crippen LogP contribution is -2.37. The fourth-order valence-electron chi connectivity index (χ4n) is 1.41. The number of carbonyl (C=O) groups is 1. The van der Waals surface area contributed by atoms with Crippen LogP contribution >= 0.6 is 11.6 Å². The first kappa shape index (κ1) is 15.3. The van der Waals surface area contributed by atoms with E-state index in [1.807, 2.05) is 19.9 Å². The highest BCUT2D eigenvalue weighted by Crippen LogP contribution is 2.16. The quantitative estimate of drug-likeness (QED) is 0.835. The Morgan fingerprint density at radius 3 is 2.84 bits per heavy atom. The molecule has 1 heterocycles. The molecule has 0 aliphatic rings. The Morgan fingerprint density at radius 1 is 1.58 bits per heavy atom. The van der Waals surface area contributed by atoms with Crippen molar-refractivity contribution in [3.63, 3.8) is 0 Å². The summed E-state index contributed by atoms with van der Waals surface area (Å²) in [6.45, 7) is 4.87. The molecular formula is C13H17ClN4O. The Morgan fingerprint density at radius 2 is 2.26 bits per heavy atom. The van der Waals surface area contributed by atoms with Crippen LogP contribution in [0, 0.1) is 17.2 Å². The largest absolute Gasteiger partial charge is 0.354 e. The zero-order valence-corrected chi connectivity index (χ0v) is 12.0. The molecule has 1 N–H and O–H groups in total. The van der Waals surface area contributed by atoms with E-state index in [-0.39, 0.29) is 17.6 Å². The number of hydrogen-bond acceptors (Lipinski definition) is 4. The van der Waals surface area contributed by atoms with Crippen LogP contribution in [0.4, 0.5) is 5.82 Å². The van der Waals surface area contributed by atoms with Gasteiger partial charge in [-0.15, -0.1) is 0 Å². The molecule has 0 saturated heterocycles. The number of carbonyl (C=O) groups excluding carboxylic acids is 1. The third-order valence-corrected chi connectivity index (χ3v) is 2.58. The van der Waals surface area contributed by atoms with Crippen molar-refractivity contribution in [2.45, 2.75) is 13.8 Å². The molecule has 102 valence electrons. The van der Waals surface area contributed by atoms with Crippen LogP contribution in [0.5, 0.6) is 0 Å². The molecule has 0 aliphatic carbocycles. The molecule has 6 heteroatoms. The van der Waals surface area contributed by atoms with Gasteiger partial charge in [0.2, 0.25) is 5.91 Å². The van der Waals surface area contributed by atoms with Crippen LogP contribution in [0.2, 0.25) is 5.15 Å². The van der Waals surface area contributed by atoms with E-state index in [1.165, 1.54) is 6.07 Å². The lowest BCUT2D eigenvalue weighted by molar-refractivity contribution is -0.119. The van der Waals surface area contributed by atoms with Crippen molar-refractivity contribution in [2.75, 3.05) is 25.0 Å². The summed E-state index contributed by atoms with van der Waals surface area (Å²) in [5.74, 6) is 0.823. The molecule has 0 atom stereocenters. The average Bonchev–Trinajstić information content (AvgIpc) is 2.35. The van der Waals surface area contributed by atoms with Gasteiger partial charge in [0.25, 0.3) is 0 Å². The van der Waals surface area contributed by atoms with Gasteiger partial charge in [-0.3, -0.25) is 4.79 Å². The van der Waals surface area contributed by atoms with Crippen LogP contribution in [-0.4, -0.2) is 31.0 Å². The summed E-state index contributed by atoms with van der Waals surface area (Å²) in [4.78, 5) is 17.4. The summed E-state index contributed by atoms with van der Waals surface area (Å²) in [5, 5.41) is 11.9. The van der Waals surface area contributed by atoms with Gasteiger partial charge in [-0.1, -0.05) is 25.4 Å². The summed E-state index contributed by atoms with van der Waals surface area (Å²) < 4.78 is 0. The second-order valence-electron chi connectivity index (χ2n) is 4.70. The van der Waals surface area contributed by atoms with E-state index in [1.54, 1.807) is 18.0 Å². The van der Waals surface area contributed by atoms with Crippen LogP contribution < -0.4 is 10.2 Å². The Labute approximate surface area is 118 Å². The molecule has 1 rings (SSSR count). The minimum Gasteiger partial charge on any atom is -0.354 e. The Hall–Kier alpha value is -1.80. The van der Waals surface area contributed by atoms with Gasteiger partial charge >= 0.3 is 0 Å². The highest BCUT2D eigenvalue weighted by molar-refractivity contribution is 6.29. The number of hydrogen-bond donors (Lipinski definition) is 1. The number of halogens is 1. The second kappa shape index (κ2) is 6.95. The van der Waals surface area contributed by atoms with Gasteiger partial charge < -0.3 is 10.2 Å². The molecule has 19 heavy (non-hydrogen) atoms. The maximum absolute atomic E-state index is 11.7. The van der Waals surface area contributed by atoms with Gasteiger partial charge in [-0.2, -0.15) is 5.26 Å². The van der Waals surface area contributed by atoms with Crippen LogP contribution in [0.15, 0.2) is 12.1 Å². The highest BCUT2D eigenvalue weighted by Gasteiger charge is 2.10. The predicted octanol–water partition coefficient (Wildman–Crippen LogP) is 1.82. The Bertz CT molecular complexity index is 496. The molecule has 1 aromatic rings. The lowest BCUT2D eigenvalue weighted by Gasteiger charge is -2.18. The smallest absolute Gasteiger partial charge is 0.239 e. The zero-order valence-electron chi connectivity index (χ0n) is 11.3. The van der Waals surface area contributed by atoms with E-state index in [2.05, 4.69) is 10.3 Å². The Kier molecular flexibility index (Phi) is 5.58. The molecule has 0 spiro atoms. The van der Waals surface area contributed by atoms with Crippen LogP contribution in [0.1, 0.15) is 19.4 Å². The minimum atomic E-state index is -0.0866. The molecule has 0 aromatic carbocycles. The summed E-state index contributed by atoms with van der Waals surface area (Å²) in [5.41, 5.74) is 0.421. The van der Waals surface area contributed by atoms with E-state index in [0.717, 1.165) is 0 Å². The molecule has 0 fully saturated rings. The molecule has 1 amide bonds. The first-order valence-electron chi connectivity index (χ1n) is 5.98. The number of nitriles is 1. The number of aromatic nitrogens is 1. The van der Waals surface area contributed by atoms with Crippen molar-refractivity contribution < 1.29 is 4.79 Å². The number of nitrogens with one attached hydrogen (secondary N) is 1. The van der Waals surface area contributed by atoms with E-state index in [0.29, 0.717) is 23.8 Å². The highest BCUT2D eigenvalue weighted by atomic mass is 35.5. The van der Waals surface area contributed by atoms with Crippen molar-refractivity contribution >= 4 is 23.3 Å². The Balaban J connectivity index is 2.68. The van der Waals surface area contributed by atoms with Gasteiger partial charge in [0.05, 0.1) is 18.2 Å². The predicted molar refractivity (Wildman–Crippen MR) is 75.1 cm³/mol. The summed E-state index contributed by atoms with van der Waals surface area (Å²) >= 11 is 5.82. The third-order valence-electron chi connectivity index (χ3n) is 2.39. The third kappa shape index (κ3) is 5.14. The SMILES string of the molecule is CC(C)CNC(=O)CN(C)c1cc(C#N)cc(Cl)n1. The lowest BCUT2D eigenvalue weighted by atomic mass is 10.2. The van der Waals surface area contributed by atoms with Crippen molar-refractivity contribution in [3.8, 4) is 6.07 Å². The minimum absolute atomic E-state index is 0.0866.